The van der Waals surface area contributed by atoms with Gasteiger partial charge in [-0.25, -0.2) is 18.0 Å². The van der Waals surface area contributed by atoms with Gasteiger partial charge in [0.05, 0.1) is 17.7 Å². The lowest BCUT2D eigenvalue weighted by atomic mass is 9.78. The Kier molecular flexibility index (Phi) is 4.83. The molecule has 1 aliphatic heterocycles. The Labute approximate surface area is 150 Å². The molecule has 0 spiro atoms. The number of carbonyl (C=O) groups is 1. The van der Waals surface area contributed by atoms with Crippen LogP contribution in [0.25, 0.3) is 0 Å². The third kappa shape index (κ3) is 3.20. The first kappa shape index (κ1) is 20.1. The van der Waals surface area contributed by atoms with Crippen LogP contribution in [0.3, 0.4) is 0 Å². The minimum absolute atomic E-state index is 0.118. The van der Waals surface area contributed by atoms with Crippen molar-refractivity contribution < 1.29 is 54.3 Å². The predicted molar refractivity (Wildman–Crippen MR) is 75.0 cm³/mol. The molecule has 0 atom stereocenters. The standard InChI is InChI=1S/C15H5BF8O4/c17-8-9(18)11(20)13(12(21)10(8)19)28-14(25)5-2-7-4(3-27-16(7)26)1-6(5)15(22,23)24/h1-2,26H,3H2. The van der Waals surface area contributed by atoms with E-state index < -0.39 is 71.8 Å². The first-order valence-electron chi connectivity index (χ1n) is 7.20. The van der Waals surface area contributed by atoms with Crippen molar-refractivity contribution in [1.29, 1.82) is 0 Å². The van der Waals surface area contributed by atoms with Gasteiger partial charge < -0.3 is 14.4 Å². The number of ether oxygens (including phenoxy) is 1. The van der Waals surface area contributed by atoms with Crippen LogP contribution in [0.2, 0.25) is 0 Å². The van der Waals surface area contributed by atoms with Gasteiger partial charge in [0.15, 0.2) is 0 Å². The van der Waals surface area contributed by atoms with Crippen molar-refractivity contribution >= 4 is 18.6 Å². The molecule has 2 aromatic rings. The third-order valence-electron chi connectivity index (χ3n) is 3.83. The van der Waals surface area contributed by atoms with Crippen molar-refractivity contribution in [2.75, 3.05) is 0 Å². The summed E-state index contributed by atoms with van der Waals surface area (Å²) in [4.78, 5) is 12.1. The monoisotopic (exact) mass is 412 g/mol. The lowest BCUT2D eigenvalue weighted by Crippen LogP contribution is -2.31. The average molecular weight is 412 g/mol. The Morgan fingerprint density at radius 1 is 1.00 bits per heavy atom. The van der Waals surface area contributed by atoms with Crippen LogP contribution in [0.15, 0.2) is 12.1 Å². The molecule has 4 nitrogen and oxygen atoms in total. The number of hydrogen-bond acceptors (Lipinski definition) is 4. The van der Waals surface area contributed by atoms with E-state index in [9.17, 15) is 44.9 Å². The van der Waals surface area contributed by atoms with Gasteiger partial charge in [0.25, 0.3) is 0 Å². The molecule has 0 radical (unpaired) electrons. The zero-order chi connectivity index (χ0) is 21.0. The van der Waals surface area contributed by atoms with Gasteiger partial charge in [-0.05, 0) is 23.2 Å². The fourth-order valence-electron chi connectivity index (χ4n) is 2.50. The van der Waals surface area contributed by atoms with E-state index in [2.05, 4.69) is 4.74 Å². The Bertz CT molecular complexity index is 962. The first-order chi connectivity index (χ1) is 12.9. The maximum absolute atomic E-state index is 13.6. The third-order valence-corrected chi connectivity index (χ3v) is 3.83. The van der Waals surface area contributed by atoms with Crippen molar-refractivity contribution in [1.82, 2.24) is 0 Å². The molecule has 0 aromatic heterocycles. The van der Waals surface area contributed by atoms with E-state index in [1.54, 1.807) is 0 Å². The number of rotatable bonds is 2. The second-order valence-electron chi connectivity index (χ2n) is 5.55. The number of benzene rings is 2. The normalized spacial score (nSPS) is 13.7. The van der Waals surface area contributed by atoms with Crippen LogP contribution in [0.5, 0.6) is 5.75 Å². The lowest BCUT2D eigenvalue weighted by Gasteiger charge is -2.15. The number of carbonyl (C=O) groups excluding carboxylic acids is 1. The fraction of sp³-hybridized carbons (Fsp3) is 0.133. The molecule has 3 rings (SSSR count). The smallest absolute Gasteiger partial charge is 0.423 e. The van der Waals surface area contributed by atoms with Crippen LogP contribution in [-0.2, 0) is 17.4 Å². The van der Waals surface area contributed by atoms with E-state index in [0.29, 0.717) is 12.1 Å². The number of hydrogen-bond donors (Lipinski definition) is 1. The molecule has 0 unspecified atom stereocenters. The maximum atomic E-state index is 13.6. The summed E-state index contributed by atoms with van der Waals surface area (Å²) in [6.45, 7) is -0.410. The van der Waals surface area contributed by atoms with Crippen LogP contribution < -0.4 is 10.2 Å². The molecule has 1 aliphatic rings. The highest BCUT2D eigenvalue weighted by Gasteiger charge is 2.40. The Morgan fingerprint density at radius 3 is 2.07 bits per heavy atom. The van der Waals surface area contributed by atoms with Gasteiger partial charge in [-0.1, -0.05) is 0 Å². The van der Waals surface area contributed by atoms with Gasteiger partial charge in [0, 0.05) is 0 Å². The topological polar surface area (TPSA) is 55.8 Å². The van der Waals surface area contributed by atoms with E-state index >= 15 is 0 Å². The molecule has 0 bridgehead atoms. The van der Waals surface area contributed by atoms with Gasteiger partial charge in [-0.15, -0.1) is 0 Å². The molecule has 0 amide bonds. The summed E-state index contributed by atoms with van der Waals surface area (Å²) in [5, 5.41) is 9.55. The molecule has 0 aliphatic carbocycles. The minimum Gasteiger partial charge on any atom is -0.423 e. The number of esters is 1. The first-order valence-corrected chi connectivity index (χ1v) is 7.20. The molecule has 1 heterocycles. The van der Waals surface area contributed by atoms with Crippen LogP contribution in [-0.4, -0.2) is 18.1 Å². The summed E-state index contributed by atoms with van der Waals surface area (Å²) < 4.78 is 115. The minimum atomic E-state index is -5.15. The molecule has 0 saturated carbocycles. The van der Waals surface area contributed by atoms with Crippen molar-refractivity contribution in [3.63, 3.8) is 0 Å². The van der Waals surface area contributed by atoms with E-state index in [4.69, 9.17) is 4.65 Å². The molecule has 2 aromatic carbocycles. The van der Waals surface area contributed by atoms with Crippen molar-refractivity contribution in [2.24, 2.45) is 0 Å². The summed E-state index contributed by atoms with van der Waals surface area (Å²) in [7, 11) is -1.68. The Balaban J connectivity index is 2.11. The zero-order valence-electron chi connectivity index (χ0n) is 13.1. The molecule has 0 saturated heterocycles. The summed E-state index contributed by atoms with van der Waals surface area (Å²) in [5.74, 6) is -16.6. The summed E-state index contributed by atoms with van der Waals surface area (Å²) in [6.07, 6.45) is -5.15. The second kappa shape index (κ2) is 6.74. The number of halogens is 8. The quantitative estimate of drug-likeness (QED) is 0.206. The maximum Gasteiger partial charge on any atom is 0.491 e. The molecule has 13 heteroatoms. The molecule has 28 heavy (non-hydrogen) atoms. The predicted octanol–water partition coefficient (Wildman–Crippen LogP) is 2.84. The molecule has 0 fully saturated rings. The highest BCUT2D eigenvalue weighted by atomic mass is 19.4. The highest BCUT2D eigenvalue weighted by Crippen LogP contribution is 2.35. The SMILES string of the molecule is O=C(Oc1c(F)c(F)c(F)c(F)c1F)c1cc2c(cc1C(F)(F)F)COB2O. The summed E-state index contributed by atoms with van der Waals surface area (Å²) in [6, 6.07) is 0.949. The van der Waals surface area contributed by atoms with Gasteiger partial charge in [-0.2, -0.15) is 22.0 Å². The van der Waals surface area contributed by atoms with Crippen LogP contribution in [0.1, 0.15) is 21.5 Å². The number of fused-ring (bicyclic) bond motifs is 1. The van der Waals surface area contributed by atoms with E-state index in [1.165, 1.54) is 0 Å². The molecule has 1 N–H and O–H groups in total. The van der Waals surface area contributed by atoms with Crippen LogP contribution >= 0.6 is 0 Å². The van der Waals surface area contributed by atoms with Gasteiger partial charge in [0.2, 0.25) is 34.8 Å². The van der Waals surface area contributed by atoms with E-state index in [1.807, 2.05) is 0 Å². The molecular formula is C15H5BF8O4. The molecule has 148 valence electrons. The van der Waals surface area contributed by atoms with E-state index in [-0.39, 0.29) is 11.0 Å². The largest absolute Gasteiger partial charge is 0.491 e. The van der Waals surface area contributed by atoms with Crippen molar-refractivity contribution in [2.45, 2.75) is 12.8 Å². The zero-order valence-corrected chi connectivity index (χ0v) is 13.1. The summed E-state index contributed by atoms with van der Waals surface area (Å²) >= 11 is 0. The van der Waals surface area contributed by atoms with Gasteiger partial charge >= 0.3 is 19.3 Å². The van der Waals surface area contributed by atoms with Gasteiger partial charge in [-0.3, -0.25) is 0 Å². The van der Waals surface area contributed by atoms with Crippen molar-refractivity contribution in [3.05, 3.63) is 57.9 Å². The van der Waals surface area contributed by atoms with Crippen LogP contribution in [0.4, 0.5) is 35.1 Å². The fourth-order valence-corrected chi connectivity index (χ4v) is 2.50. The second-order valence-corrected chi connectivity index (χ2v) is 5.55. The highest BCUT2D eigenvalue weighted by molar-refractivity contribution is 6.61. The van der Waals surface area contributed by atoms with Crippen LogP contribution in [0, 0.1) is 29.1 Å². The Hall–Kier alpha value is -2.67. The molecular weight excluding hydrogens is 407 g/mol. The summed E-state index contributed by atoms with van der Waals surface area (Å²) in [5.41, 5.74) is -3.30. The number of alkyl halides is 3. The Morgan fingerprint density at radius 2 is 1.54 bits per heavy atom. The van der Waals surface area contributed by atoms with E-state index in [0.717, 1.165) is 0 Å². The lowest BCUT2D eigenvalue weighted by molar-refractivity contribution is -0.138. The van der Waals surface area contributed by atoms with Crippen molar-refractivity contribution in [3.8, 4) is 5.75 Å². The average Bonchev–Trinajstić information content (AvgIpc) is 3.00. The van der Waals surface area contributed by atoms with Gasteiger partial charge in [0.1, 0.15) is 0 Å².